The van der Waals surface area contributed by atoms with Gasteiger partial charge in [-0.3, -0.25) is 14.6 Å². The summed E-state index contributed by atoms with van der Waals surface area (Å²) < 4.78 is 0. The van der Waals surface area contributed by atoms with Crippen LogP contribution in [0.4, 0.5) is 4.79 Å². The Morgan fingerprint density at radius 1 is 1.18 bits per heavy atom. The molecule has 0 saturated carbocycles. The summed E-state index contributed by atoms with van der Waals surface area (Å²) in [6, 6.07) is 6.29. The largest absolute Gasteiger partial charge is 0.328 e. The SMILES string of the molecule is C=CCN1C2=NC3C(C(=O)N(Cc4ccccc4Cl)C(=O)N3C)N2C(C)=C1C. The Morgan fingerprint density at radius 2 is 1.89 bits per heavy atom. The van der Waals surface area contributed by atoms with Crippen molar-refractivity contribution >= 4 is 29.5 Å². The van der Waals surface area contributed by atoms with Crippen molar-refractivity contribution in [2.24, 2.45) is 4.99 Å². The van der Waals surface area contributed by atoms with Gasteiger partial charge in [-0.15, -0.1) is 6.58 Å². The molecule has 7 nitrogen and oxygen atoms in total. The number of rotatable bonds is 4. The molecule has 8 heteroatoms. The first kappa shape index (κ1) is 18.6. The van der Waals surface area contributed by atoms with Crippen LogP contribution in [0.3, 0.4) is 0 Å². The van der Waals surface area contributed by atoms with Crippen LogP contribution in [0, 0.1) is 0 Å². The maximum absolute atomic E-state index is 13.4. The van der Waals surface area contributed by atoms with Gasteiger partial charge in [0.1, 0.15) is 0 Å². The third-order valence-electron chi connectivity index (χ3n) is 5.60. The summed E-state index contributed by atoms with van der Waals surface area (Å²) in [5.74, 6) is 0.428. The van der Waals surface area contributed by atoms with E-state index in [0.717, 1.165) is 17.0 Å². The van der Waals surface area contributed by atoms with Crippen molar-refractivity contribution in [2.75, 3.05) is 13.6 Å². The van der Waals surface area contributed by atoms with Gasteiger partial charge in [0, 0.05) is 30.0 Å². The number of imide groups is 1. The van der Waals surface area contributed by atoms with Gasteiger partial charge in [0.05, 0.1) is 6.54 Å². The van der Waals surface area contributed by atoms with Crippen LogP contribution in [0.25, 0.3) is 0 Å². The number of carbonyl (C=O) groups is 2. The molecule has 4 rings (SSSR count). The summed E-state index contributed by atoms with van der Waals surface area (Å²) in [5.41, 5.74) is 2.72. The minimum atomic E-state index is -0.579. The maximum atomic E-state index is 13.4. The van der Waals surface area contributed by atoms with Gasteiger partial charge in [0.25, 0.3) is 5.91 Å². The summed E-state index contributed by atoms with van der Waals surface area (Å²) in [4.78, 5) is 37.8. The number of aliphatic imine (C=N–C) groups is 1. The van der Waals surface area contributed by atoms with E-state index in [0.29, 0.717) is 17.5 Å². The summed E-state index contributed by atoms with van der Waals surface area (Å²) in [5, 5.41) is 0.529. The number of fused-ring (bicyclic) bond motifs is 3. The van der Waals surface area contributed by atoms with E-state index < -0.39 is 12.2 Å². The average Bonchev–Trinajstić information content (AvgIpc) is 3.17. The number of allylic oxidation sites excluding steroid dienone is 2. The minimum absolute atomic E-state index is 0.131. The first-order valence-electron chi connectivity index (χ1n) is 9.11. The van der Waals surface area contributed by atoms with Crippen molar-refractivity contribution in [1.29, 1.82) is 0 Å². The van der Waals surface area contributed by atoms with Crippen LogP contribution >= 0.6 is 11.6 Å². The van der Waals surface area contributed by atoms with Crippen molar-refractivity contribution in [3.8, 4) is 0 Å². The zero-order chi connectivity index (χ0) is 20.2. The molecule has 2 unspecified atom stereocenters. The molecule has 1 aromatic rings. The third-order valence-corrected chi connectivity index (χ3v) is 5.97. The summed E-state index contributed by atoms with van der Waals surface area (Å²) in [6.45, 7) is 8.50. The molecule has 3 amide bonds. The van der Waals surface area contributed by atoms with E-state index >= 15 is 0 Å². The first-order valence-corrected chi connectivity index (χ1v) is 9.49. The Balaban J connectivity index is 1.70. The van der Waals surface area contributed by atoms with Crippen molar-refractivity contribution in [3.63, 3.8) is 0 Å². The molecule has 0 aromatic heterocycles. The van der Waals surface area contributed by atoms with Crippen molar-refractivity contribution in [2.45, 2.75) is 32.6 Å². The van der Waals surface area contributed by atoms with E-state index in [1.807, 2.05) is 41.8 Å². The molecule has 146 valence electrons. The first-order chi connectivity index (χ1) is 13.4. The van der Waals surface area contributed by atoms with Crippen molar-refractivity contribution < 1.29 is 9.59 Å². The van der Waals surface area contributed by atoms with Crippen molar-refractivity contribution in [3.05, 3.63) is 58.9 Å². The molecule has 0 spiro atoms. The van der Waals surface area contributed by atoms with E-state index in [2.05, 4.69) is 6.58 Å². The Kier molecular flexibility index (Phi) is 4.42. The maximum Gasteiger partial charge on any atom is 0.328 e. The van der Waals surface area contributed by atoms with Gasteiger partial charge in [-0.05, 0) is 25.5 Å². The monoisotopic (exact) mass is 399 g/mol. The molecule has 0 bridgehead atoms. The van der Waals surface area contributed by atoms with Crippen LogP contribution in [0.1, 0.15) is 19.4 Å². The Bertz CT molecular complexity index is 940. The third kappa shape index (κ3) is 2.53. The number of amides is 3. The quantitative estimate of drug-likeness (QED) is 0.730. The van der Waals surface area contributed by atoms with Gasteiger partial charge < -0.3 is 9.80 Å². The van der Waals surface area contributed by atoms with E-state index in [-0.39, 0.29) is 18.5 Å². The Morgan fingerprint density at radius 3 is 2.57 bits per heavy atom. The predicted molar refractivity (Wildman–Crippen MR) is 107 cm³/mol. The standard InChI is InChI=1S/C20H22ClN5O2/c1-5-10-24-12(2)13(3)26-16-17(22-19(24)26)23(4)20(28)25(18(16)27)11-14-8-6-7-9-15(14)21/h5-9,16-17H,1,10-11H2,2-4H3. The van der Waals surface area contributed by atoms with Crippen LogP contribution in [-0.2, 0) is 11.3 Å². The molecule has 3 heterocycles. The van der Waals surface area contributed by atoms with Gasteiger partial charge in [-0.1, -0.05) is 35.9 Å². The van der Waals surface area contributed by atoms with Gasteiger partial charge in [0.15, 0.2) is 12.2 Å². The lowest BCUT2D eigenvalue weighted by molar-refractivity contribution is -0.137. The lowest BCUT2D eigenvalue weighted by Gasteiger charge is -2.40. The molecule has 1 saturated heterocycles. The number of carbonyl (C=O) groups excluding carboxylic acids is 2. The fourth-order valence-corrected chi connectivity index (χ4v) is 4.17. The summed E-state index contributed by atoms with van der Waals surface area (Å²) in [7, 11) is 1.68. The number of hydrogen-bond acceptors (Lipinski definition) is 5. The van der Waals surface area contributed by atoms with Crippen LogP contribution in [-0.4, -0.2) is 63.3 Å². The number of likely N-dealkylation sites (N-methyl/N-ethyl adjacent to an activating group) is 1. The Hall–Kier alpha value is -2.80. The second-order valence-corrected chi connectivity index (χ2v) is 7.54. The minimum Gasteiger partial charge on any atom is -0.311 e. The smallest absolute Gasteiger partial charge is 0.311 e. The normalized spacial score (nSPS) is 24.1. The van der Waals surface area contributed by atoms with Gasteiger partial charge in [-0.25, -0.2) is 9.79 Å². The molecule has 0 N–H and O–H groups in total. The van der Waals surface area contributed by atoms with Gasteiger partial charge >= 0.3 is 6.03 Å². The number of urea groups is 1. The Labute approximate surface area is 169 Å². The summed E-state index contributed by atoms with van der Waals surface area (Å²) in [6.07, 6.45) is 1.25. The van der Waals surface area contributed by atoms with Crippen molar-refractivity contribution in [1.82, 2.24) is 19.6 Å². The lowest BCUT2D eigenvalue weighted by Crippen LogP contribution is -2.64. The van der Waals surface area contributed by atoms with Crippen LogP contribution < -0.4 is 0 Å². The van der Waals surface area contributed by atoms with Gasteiger partial charge in [-0.2, -0.15) is 0 Å². The number of hydrogen-bond donors (Lipinski definition) is 0. The number of benzene rings is 1. The average molecular weight is 400 g/mol. The highest BCUT2D eigenvalue weighted by Crippen LogP contribution is 2.38. The molecular weight excluding hydrogens is 378 g/mol. The number of nitrogens with zero attached hydrogens (tertiary/aromatic N) is 5. The highest BCUT2D eigenvalue weighted by Gasteiger charge is 2.55. The van der Waals surface area contributed by atoms with Crippen LogP contribution in [0.5, 0.6) is 0 Å². The van der Waals surface area contributed by atoms with Gasteiger partial charge in [0.2, 0.25) is 5.96 Å². The zero-order valence-corrected chi connectivity index (χ0v) is 16.8. The molecule has 1 fully saturated rings. The number of halogens is 1. The highest BCUT2D eigenvalue weighted by molar-refractivity contribution is 6.31. The van der Waals surface area contributed by atoms with Crippen LogP contribution in [0.2, 0.25) is 5.02 Å². The molecule has 3 aliphatic rings. The lowest BCUT2D eigenvalue weighted by atomic mass is 10.1. The van der Waals surface area contributed by atoms with E-state index in [4.69, 9.17) is 16.6 Å². The topological polar surface area (TPSA) is 59.5 Å². The highest BCUT2D eigenvalue weighted by atomic mass is 35.5. The summed E-state index contributed by atoms with van der Waals surface area (Å²) >= 11 is 6.25. The molecular formula is C20H22ClN5O2. The fraction of sp³-hybridized carbons (Fsp3) is 0.350. The second-order valence-electron chi connectivity index (χ2n) is 7.14. The molecule has 2 atom stereocenters. The molecule has 1 aromatic carbocycles. The predicted octanol–water partition coefficient (Wildman–Crippen LogP) is 2.85. The van der Waals surface area contributed by atoms with E-state index in [9.17, 15) is 9.59 Å². The van der Waals surface area contributed by atoms with Crippen LogP contribution in [0.15, 0.2) is 53.3 Å². The fourth-order valence-electron chi connectivity index (χ4n) is 3.97. The van der Waals surface area contributed by atoms with E-state index in [1.54, 1.807) is 19.2 Å². The zero-order valence-electron chi connectivity index (χ0n) is 16.1. The second kappa shape index (κ2) is 6.67. The molecule has 0 aliphatic carbocycles. The number of guanidine groups is 1. The molecule has 3 aliphatic heterocycles. The van der Waals surface area contributed by atoms with E-state index in [1.165, 1.54) is 9.80 Å². The molecule has 0 radical (unpaired) electrons. The molecule has 28 heavy (non-hydrogen) atoms.